The zero-order valence-electron chi connectivity index (χ0n) is 6.79. The summed E-state index contributed by atoms with van der Waals surface area (Å²) in [7, 11) is 0. The summed E-state index contributed by atoms with van der Waals surface area (Å²) in [6, 6.07) is 6.28. The second kappa shape index (κ2) is 4.24. The highest BCUT2D eigenvalue weighted by atomic mass is 19.1. The largest absolute Gasteiger partial charge is 0.321 e. The van der Waals surface area contributed by atoms with Crippen LogP contribution in [0.2, 0.25) is 0 Å². The number of rotatable bonds is 2. The highest BCUT2D eigenvalue weighted by Crippen LogP contribution is 2.15. The molecule has 0 spiro atoms. The lowest BCUT2D eigenvalue weighted by Crippen LogP contribution is -2.08. The maximum atomic E-state index is 13.0. The number of nitriles is 1. The van der Waals surface area contributed by atoms with Crippen molar-refractivity contribution in [2.24, 2.45) is 5.84 Å². The van der Waals surface area contributed by atoms with Crippen LogP contribution in [0.4, 0.5) is 10.1 Å². The molecule has 3 N–H and O–H groups in total. The molecule has 0 amide bonds. The van der Waals surface area contributed by atoms with Crippen molar-refractivity contribution in [3.63, 3.8) is 0 Å². The summed E-state index contributed by atoms with van der Waals surface area (Å²) in [6.07, 6.45) is 2.80. The second-order valence-corrected chi connectivity index (χ2v) is 2.35. The molecule has 0 aromatic heterocycles. The van der Waals surface area contributed by atoms with Crippen LogP contribution >= 0.6 is 0 Å². The van der Waals surface area contributed by atoms with E-state index in [0.717, 1.165) is 0 Å². The van der Waals surface area contributed by atoms with Gasteiger partial charge in [0.1, 0.15) is 5.82 Å². The van der Waals surface area contributed by atoms with Crippen molar-refractivity contribution in [1.82, 2.24) is 0 Å². The van der Waals surface area contributed by atoms with Gasteiger partial charge in [-0.3, -0.25) is 5.84 Å². The lowest BCUT2D eigenvalue weighted by Gasteiger charge is -2.01. The zero-order valence-corrected chi connectivity index (χ0v) is 6.79. The van der Waals surface area contributed by atoms with Crippen LogP contribution in [0.1, 0.15) is 5.56 Å². The van der Waals surface area contributed by atoms with Crippen molar-refractivity contribution in [2.45, 2.75) is 0 Å². The first kappa shape index (κ1) is 9.23. The zero-order chi connectivity index (χ0) is 9.68. The number of hydrazine groups is 1. The van der Waals surface area contributed by atoms with E-state index in [1.54, 1.807) is 6.07 Å². The Morgan fingerprint density at radius 3 is 2.85 bits per heavy atom. The van der Waals surface area contributed by atoms with Gasteiger partial charge in [-0.2, -0.15) is 5.26 Å². The second-order valence-electron chi connectivity index (χ2n) is 2.35. The average Bonchev–Trinajstić information content (AvgIpc) is 2.15. The van der Waals surface area contributed by atoms with Gasteiger partial charge in [-0.15, -0.1) is 0 Å². The summed E-state index contributed by atoms with van der Waals surface area (Å²) in [5, 5.41) is 8.23. The third-order valence-corrected chi connectivity index (χ3v) is 1.50. The average molecular weight is 177 g/mol. The Hall–Kier alpha value is -1.86. The molecule has 0 fully saturated rings. The summed E-state index contributed by atoms with van der Waals surface area (Å²) in [4.78, 5) is 0. The molecule has 0 unspecified atom stereocenters. The highest BCUT2D eigenvalue weighted by molar-refractivity contribution is 5.56. The van der Waals surface area contributed by atoms with Crippen LogP contribution in [0.25, 0.3) is 6.08 Å². The van der Waals surface area contributed by atoms with E-state index in [-0.39, 0.29) is 5.69 Å². The molecule has 0 atom stereocenters. The number of nitrogen functional groups attached to an aromatic ring is 1. The van der Waals surface area contributed by atoms with Crippen molar-refractivity contribution >= 4 is 11.8 Å². The van der Waals surface area contributed by atoms with Crippen LogP contribution in [0, 0.1) is 17.1 Å². The highest BCUT2D eigenvalue weighted by Gasteiger charge is 1.98. The number of allylic oxidation sites excluding steroid dienone is 1. The van der Waals surface area contributed by atoms with Crippen molar-refractivity contribution in [2.75, 3.05) is 5.43 Å². The molecule has 1 aromatic carbocycles. The number of nitrogens with zero attached hydrogens (tertiary/aromatic N) is 1. The van der Waals surface area contributed by atoms with Crippen molar-refractivity contribution in [3.8, 4) is 6.07 Å². The minimum absolute atomic E-state index is 0.231. The molecule has 3 nitrogen and oxygen atoms in total. The van der Waals surface area contributed by atoms with E-state index in [1.165, 1.54) is 24.3 Å². The third kappa shape index (κ3) is 2.29. The lowest BCUT2D eigenvalue weighted by atomic mass is 10.2. The van der Waals surface area contributed by atoms with E-state index in [0.29, 0.717) is 5.56 Å². The van der Waals surface area contributed by atoms with Crippen LogP contribution in [-0.2, 0) is 0 Å². The Kier molecular flexibility index (Phi) is 3.01. The molecule has 0 aliphatic rings. The van der Waals surface area contributed by atoms with E-state index >= 15 is 0 Å². The smallest absolute Gasteiger partial charge is 0.148 e. The maximum Gasteiger partial charge on any atom is 0.148 e. The fraction of sp³-hybridized carbons (Fsp3) is 0. The molecule has 0 radical (unpaired) electrons. The molecule has 0 bridgehead atoms. The molecule has 0 saturated heterocycles. The van der Waals surface area contributed by atoms with Gasteiger partial charge >= 0.3 is 0 Å². The molecular weight excluding hydrogens is 169 g/mol. The predicted molar refractivity (Wildman–Crippen MR) is 48.9 cm³/mol. The lowest BCUT2D eigenvalue weighted by molar-refractivity contribution is 0.630. The Bertz CT molecular complexity index is 366. The third-order valence-electron chi connectivity index (χ3n) is 1.50. The molecule has 0 aliphatic heterocycles. The van der Waals surface area contributed by atoms with Gasteiger partial charge < -0.3 is 5.43 Å². The first-order valence-corrected chi connectivity index (χ1v) is 3.60. The number of benzene rings is 1. The fourth-order valence-corrected chi connectivity index (χ4v) is 0.886. The van der Waals surface area contributed by atoms with Gasteiger partial charge in [-0.25, -0.2) is 4.39 Å². The van der Waals surface area contributed by atoms with Gasteiger partial charge in [-0.1, -0.05) is 6.07 Å². The maximum absolute atomic E-state index is 13.0. The van der Waals surface area contributed by atoms with Crippen molar-refractivity contribution in [3.05, 3.63) is 35.7 Å². The molecule has 13 heavy (non-hydrogen) atoms. The number of nitrogens with one attached hydrogen (secondary N) is 1. The minimum Gasteiger partial charge on any atom is -0.321 e. The quantitative estimate of drug-likeness (QED) is 0.410. The van der Waals surface area contributed by atoms with Gasteiger partial charge in [-0.05, 0) is 23.8 Å². The molecule has 66 valence electrons. The first-order valence-electron chi connectivity index (χ1n) is 3.60. The van der Waals surface area contributed by atoms with Gasteiger partial charge in [0.05, 0.1) is 11.8 Å². The number of hydrogen-bond acceptors (Lipinski definition) is 3. The van der Waals surface area contributed by atoms with Gasteiger partial charge in [0.15, 0.2) is 0 Å². The van der Waals surface area contributed by atoms with E-state index in [4.69, 9.17) is 11.1 Å². The molecular formula is C9H8FN3. The van der Waals surface area contributed by atoms with E-state index in [1.807, 2.05) is 6.07 Å². The summed E-state index contributed by atoms with van der Waals surface area (Å²) < 4.78 is 13.0. The number of halogens is 1. The minimum atomic E-state index is -0.442. The Balaban J connectivity index is 2.97. The fourth-order valence-electron chi connectivity index (χ4n) is 0.886. The molecule has 0 saturated carbocycles. The summed E-state index contributed by atoms with van der Waals surface area (Å²) in [5.41, 5.74) is 3.07. The number of nitrogens with two attached hydrogens (primary N) is 1. The monoisotopic (exact) mass is 177 g/mol. The summed E-state index contributed by atoms with van der Waals surface area (Å²) in [6.45, 7) is 0. The normalized spacial score (nSPS) is 9.92. The van der Waals surface area contributed by atoms with Crippen LogP contribution in [-0.4, -0.2) is 0 Å². The SMILES string of the molecule is N#CC=Cc1ccc(NN)c(F)c1. The standard InChI is InChI=1S/C9H8FN3/c10-8-6-7(2-1-5-11)3-4-9(8)13-12/h1-4,6,13H,12H2. The molecule has 0 heterocycles. The summed E-state index contributed by atoms with van der Waals surface area (Å²) in [5.74, 6) is 4.60. The van der Waals surface area contributed by atoms with Crippen LogP contribution < -0.4 is 11.3 Å². The van der Waals surface area contributed by atoms with E-state index < -0.39 is 5.82 Å². The van der Waals surface area contributed by atoms with Gasteiger partial charge in [0.25, 0.3) is 0 Å². The summed E-state index contributed by atoms with van der Waals surface area (Å²) >= 11 is 0. The van der Waals surface area contributed by atoms with E-state index in [2.05, 4.69) is 5.43 Å². The van der Waals surface area contributed by atoms with Crippen LogP contribution in [0.15, 0.2) is 24.3 Å². The molecule has 0 aliphatic carbocycles. The van der Waals surface area contributed by atoms with Crippen molar-refractivity contribution in [1.29, 1.82) is 5.26 Å². The van der Waals surface area contributed by atoms with Gasteiger partial charge in [0.2, 0.25) is 0 Å². The molecule has 1 aromatic rings. The van der Waals surface area contributed by atoms with Crippen molar-refractivity contribution < 1.29 is 4.39 Å². The topological polar surface area (TPSA) is 61.8 Å². The van der Waals surface area contributed by atoms with Gasteiger partial charge in [0, 0.05) is 6.08 Å². The van der Waals surface area contributed by atoms with Crippen LogP contribution in [0.3, 0.4) is 0 Å². The Morgan fingerprint density at radius 2 is 2.31 bits per heavy atom. The molecule has 4 heteroatoms. The number of hydrogen-bond donors (Lipinski definition) is 2. The number of anilines is 1. The van der Waals surface area contributed by atoms with Crippen LogP contribution in [0.5, 0.6) is 0 Å². The molecule has 1 rings (SSSR count). The first-order chi connectivity index (χ1) is 6.27. The van der Waals surface area contributed by atoms with E-state index in [9.17, 15) is 4.39 Å². The Labute approximate surface area is 75.3 Å². The Morgan fingerprint density at radius 1 is 1.54 bits per heavy atom. The predicted octanol–water partition coefficient (Wildman–Crippen LogP) is 1.65.